The summed E-state index contributed by atoms with van der Waals surface area (Å²) in [5.74, 6) is 0.714. The number of hydrogen-bond donors (Lipinski definition) is 1. The Morgan fingerprint density at radius 1 is 1.00 bits per heavy atom. The summed E-state index contributed by atoms with van der Waals surface area (Å²) in [5, 5.41) is 8.16. The van der Waals surface area contributed by atoms with Crippen molar-refractivity contribution in [1.29, 1.82) is 0 Å². The highest BCUT2D eigenvalue weighted by Crippen LogP contribution is 2.26. The van der Waals surface area contributed by atoms with Gasteiger partial charge in [0.05, 0.1) is 23.5 Å². The van der Waals surface area contributed by atoms with E-state index in [4.69, 9.17) is 27.9 Å². The van der Waals surface area contributed by atoms with Crippen LogP contribution in [0.3, 0.4) is 0 Å². The summed E-state index contributed by atoms with van der Waals surface area (Å²) in [6.07, 6.45) is 0. The Morgan fingerprint density at radius 2 is 1.77 bits per heavy atom. The molecule has 150 valence electrons. The molecule has 8 heteroatoms. The van der Waals surface area contributed by atoms with Crippen LogP contribution >= 0.6 is 23.2 Å². The van der Waals surface area contributed by atoms with Gasteiger partial charge in [-0.25, -0.2) is 9.67 Å². The highest BCUT2D eigenvalue weighted by Gasteiger charge is 2.20. The van der Waals surface area contributed by atoms with Crippen LogP contribution in [0.2, 0.25) is 10.0 Å². The first-order valence-corrected chi connectivity index (χ1v) is 9.74. The van der Waals surface area contributed by atoms with Crippen LogP contribution in [0, 0.1) is 0 Å². The van der Waals surface area contributed by atoms with Crippen molar-refractivity contribution in [3.63, 3.8) is 0 Å². The Bertz CT molecular complexity index is 1210. The van der Waals surface area contributed by atoms with E-state index >= 15 is 0 Å². The molecule has 0 unspecified atom stereocenters. The number of para-hydroxylation sites is 1. The number of halogens is 2. The Kier molecular flexibility index (Phi) is 5.70. The minimum absolute atomic E-state index is 0.000660. The SMILES string of the molecule is COc1ccc(-n2nc(C(=O)Nc3ccccc3Cl)nc2-c2cccc(Cl)c2)cc1. The lowest BCUT2D eigenvalue weighted by Crippen LogP contribution is -2.14. The molecular formula is C22H16Cl2N4O2. The Morgan fingerprint density at radius 3 is 2.47 bits per heavy atom. The molecule has 6 nitrogen and oxygen atoms in total. The number of aromatic nitrogens is 3. The fourth-order valence-corrected chi connectivity index (χ4v) is 3.24. The number of methoxy groups -OCH3 is 1. The van der Waals surface area contributed by atoms with Gasteiger partial charge in [-0.2, -0.15) is 0 Å². The third-order valence-electron chi connectivity index (χ3n) is 4.33. The predicted octanol–water partition coefficient (Wildman–Crippen LogP) is 5.50. The van der Waals surface area contributed by atoms with E-state index in [9.17, 15) is 4.79 Å². The molecule has 0 saturated carbocycles. The smallest absolute Gasteiger partial charge is 0.295 e. The second kappa shape index (κ2) is 8.57. The van der Waals surface area contributed by atoms with Gasteiger partial charge in [0, 0.05) is 10.6 Å². The maximum absolute atomic E-state index is 12.8. The Balaban J connectivity index is 1.77. The molecule has 4 aromatic rings. The second-order valence-electron chi connectivity index (χ2n) is 6.31. The van der Waals surface area contributed by atoms with Gasteiger partial charge in [-0.1, -0.05) is 47.5 Å². The third-order valence-corrected chi connectivity index (χ3v) is 4.90. The predicted molar refractivity (Wildman–Crippen MR) is 118 cm³/mol. The Labute approximate surface area is 183 Å². The zero-order valence-electron chi connectivity index (χ0n) is 15.8. The summed E-state index contributed by atoms with van der Waals surface area (Å²) < 4.78 is 6.81. The molecule has 1 amide bonds. The van der Waals surface area contributed by atoms with Gasteiger partial charge in [0.15, 0.2) is 5.82 Å². The first-order chi connectivity index (χ1) is 14.5. The topological polar surface area (TPSA) is 69.0 Å². The van der Waals surface area contributed by atoms with Crippen molar-refractivity contribution in [2.75, 3.05) is 12.4 Å². The van der Waals surface area contributed by atoms with E-state index in [0.717, 1.165) is 11.3 Å². The average Bonchev–Trinajstić information content (AvgIpc) is 3.21. The van der Waals surface area contributed by atoms with Crippen molar-refractivity contribution in [3.05, 3.63) is 88.7 Å². The number of anilines is 1. The minimum Gasteiger partial charge on any atom is -0.497 e. The van der Waals surface area contributed by atoms with Crippen LogP contribution in [0.15, 0.2) is 72.8 Å². The summed E-state index contributed by atoms with van der Waals surface area (Å²) in [6.45, 7) is 0. The molecule has 0 saturated heterocycles. The largest absolute Gasteiger partial charge is 0.497 e. The minimum atomic E-state index is -0.473. The van der Waals surface area contributed by atoms with Gasteiger partial charge in [-0.3, -0.25) is 4.79 Å². The van der Waals surface area contributed by atoms with Crippen LogP contribution in [0.5, 0.6) is 5.75 Å². The molecular weight excluding hydrogens is 423 g/mol. The molecule has 0 radical (unpaired) electrons. The molecule has 30 heavy (non-hydrogen) atoms. The lowest BCUT2D eigenvalue weighted by atomic mass is 10.2. The van der Waals surface area contributed by atoms with E-state index < -0.39 is 5.91 Å². The molecule has 1 N–H and O–H groups in total. The van der Waals surface area contributed by atoms with E-state index in [0.29, 0.717) is 27.3 Å². The molecule has 0 fully saturated rings. The quantitative estimate of drug-likeness (QED) is 0.446. The molecule has 0 bridgehead atoms. The number of rotatable bonds is 5. The van der Waals surface area contributed by atoms with Crippen LogP contribution in [0.4, 0.5) is 5.69 Å². The molecule has 3 aromatic carbocycles. The van der Waals surface area contributed by atoms with E-state index in [2.05, 4.69) is 15.4 Å². The van der Waals surface area contributed by atoms with Gasteiger partial charge in [0.25, 0.3) is 5.91 Å². The first-order valence-electron chi connectivity index (χ1n) is 8.98. The number of nitrogens with one attached hydrogen (secondary N) is 1. The van der Waals surface area contributed by atoms with Crippen LogP contribution < -0.4 is 10.1 Å². The van der Waals surface area contributed by atoms with Crippen LogP contribution in [0.25, 0.3) is 17.1 Å². The summed E-state index contributed by atoms with van der Waals surface area (Å²) >= 11 is 12.3. The number of ether oxygens (including phenoxy) is 1. The van der Waals surface area contributed by atoms with Gasteiger partial charge in [-0.05, 0) is 48.5 Å². The molecule has 0 atom stereocenters. The maximum Gasteiger partial charge on any atom is 0.295 e. The van der Waals surface area contributed by atoms with E-state index in [1.807, 2.05) is 36.4 Å². The highest BCUT2D eigenvalue weighted by molar-refractivity contribution is 6.33. The molecule has 0 spiro atoms. The van der Waals surface area contributed by atoms with Crippen LogP contribution in [-0.2, 0) is 0 Å². The molecule has 1 aromatic heterocycles. The normalized spacial score (nSPS) is 10.6. The number of carbonyl (C=O) groups is 1. The zero-order valence-corrected chi connectivity index (χ0v) is 17.4. The maximum atomic E-state index is 12.8. The van der Waals surface area contributed by atoms with Crippen molar-refractivity contribution in [2.45, 2.75) is 0 Å². The molecule has 0 aliphatic rings. The van der Waals surface area contributed by atoms with Crippen molar-refractivity contribution in [1.82, 2.24) is 14.8 Å². The summed E-state index contributed by atoms with van der Waals surface area (Å²) in [5.41, 5.74) is 1.92. The van der Waals surface area contributed by atoms with Gasteiger partial charge >= 0.3 is 0 Å². The molecule has 4 rings (SSSR count). The second-order valence-corrected chi connectivity index (χ2v) is 7.16. The number of carbonyl (C=O) groups excluding carboxylic acids is 1. The third kappa shape index (κ3) is 4.15. The van der Waals surface area contributed by atoms with Crippen LogP contribution in [0.1, 0.15) is 10.6 Å². The summed E-state index contributed by atoms with van der Waals surface area (Å²) in [7, 11) is 1.60. The number of hydrogen-bond acceptors (Lipinski definition) is 4. The van der Waals surface area contributed by atoms with Gasteiger partial charge < -0.3 is 10.1 Å². The first kappa shape index (κ1) is 19.9. The molecule has 0 aliphatic heterocycles. The lowest BCUT2D eigenvalue weighted by Gasteiger charge is -2.07. The van der Waals surface area contributed by atoms with E-state index in [1.54, 1.807) is 48.2 Å². The lowest BCUT2D eigenvalue weighted by molar-refractivity contribution is 0.101. The van der Waals surface area contributed by atoms with Crippen molar-refractivity contribution in [3.8, 4) is 22.8 Å². The fourth-order valence-electron chi connectivity index (χ4n) is 2.87. The molecule has 1 heterocycles. The van der Waals surface area contributed by atoms with Gasteiger partial charge in [0.1, 0.15) is 5.75 Å². The standard InChI is InChI=1S/C22H16Cl2N4O2/c1-30-17-11-9-16(10-12-17)28-21(14-5-4-6-15(23)13-14)26-20(27-28)22(29)25-19-8-3-2-7-18(19)24/h2-13H,1H3,(H,25,29). The summed E-state index contributed by atoms with van der Waals surface area (Å²) in [6, 6.07) is 21.4. The fraction of sp³-hybridized carbons (Fsp3) is 0.0455. The Hall–Kier alpha value is -3.35. The van der Waals surface area contributed by atoms with E-state index in [-0.39, 0.29) is 5.82 Å². The number of benzene rings is 3. The zero-order chi connectivity index (χ0) is 21.1. The molecule has 0 aliphatic carbocycles. The van der Waals surface area contributed by atoms with Crippen molar-refractivity contribution < 1.29 is 9.53 Å². The number of amides is 1. The summed E-state index contributed by atoms with van der Waals surface area (Å²) in [4.78, 5) is 17.3. The monoisotopic (exact) mass is 438 g/mol. The van der Waals surface area contributed by atoms with Crippen LogP contribution in [-0.4, -0.2) is 27.8 Å². The average molecular weight is 439 g/mol. The van der Waals surface area contributed by atoms with Gasteiger partial charge in [0.2, 0.25) is 5.82 Å². The highest BCUT2D eigenvalue weighted by atomic mass is 35.5. The van der Waals surface area contributed by atoms with Gasteiger partial charge in [-0.15, -0.1) is 5.10 Å². The van der Waals surface area contributed by atoms with E-state index in [1.165, 1.54) is 0 Å². The van der Waals surface area contributed by atoms with Crippen molar-refractivity contribution >= 4 is 34.8 Å². The number of nitrogens with zero attached hydrogens (tertiary/aromatic N) is 3. The van der Waals surface area contributed by atoms with Crippen molar-refractivity contribution in [2.24, 2.45) is 0 Å².